The van der Waals surface area contributed by atoms with Gasteiger partial charge in [-0.05, 0) is 68.5 Å². The van der Waals surface area contributed by atoms with Gasteiger partial charge >= 0.3 is 0 Å². The Hall–Kier alpha value is -2.73. The number of nitrogens with one attached hydrogen (secondary N) is 1. The number of halogens is 1. The summed E-state index contributed by atoms with van der Waals surface area (Å²) in [6.07, 6.45) is 4.28. The van der Waals surface area contributed by atoms with E-state index in [0.29, 0.717) is 22.4 Å². The van der Waals surface area contributed by atoms with E-state index in [1.807, 2.05) is 13.0 Å². The molecule has 1 aliphatic rings. The largest absolute Gasteiger partial charge is 0.341 e. The highest BCUT2D eigenvalue weighted by Gasteiger charge is 2.20. The molecule has 1 N–H and O–H groups in total. The van der Waals surface area contributed by atoms with E-state index in [-0.39, 0.29) is 5.91 Å². The summed E-state index contributed by atoms with van der Waals surface area (Å²) < 4.78 is 5.30. The van der Waals surface area contributed by atoms with Gasteiger partial charge in [0.1, 0.15) is 5.69 Å². The van der Waals surface area contributed by atoms with E-state index in [4.69, 9.17) is 16.1 Å². The third-order valence-corrected chi connectivity index (χ3v) is 4.93. The number of aryl methyl sites for hydroxylation is 2. The molecule has 0 aliphatic heterocycles. The van der Waals surface area contributed by atoms with Crippen molar-refractivity contribution in [1.82, 2.24) is 20.4 Å². The zero-order valence-electron chi connectivity index (χ0n) is 14.9. The van der Waals surface area contributed by atoms with Crippen LogP contribution in [0.2, 0.25) is 5.02 Å². The van der Waals surface area contributed by atoms with E-state index in [9.17, 15) is 4.79 Å². The van der Waals surface area contributed by atoms with Crippen LogP contribution in [-0.4, -0.2) is 21.0 Å². The summed E-state index contributed by atoms with van der Waals surface area (Å²) in [5, 5.41) is 7.50. The molecule has 6 nitrogen and oxygen atoms in total. The van der Waals surface area contributed by atoms with Gasteiger partial charge in [0.2, 0.25) is 0 Å². The second-order valence-electron chi connectivity index (χ2n) is 6.67. The van der Waals surface area contributed by atoms with Crippen molar-refractivity contribution in [1.29, 1.82) is 0 Å². The number of nitrogens with zero attached hydrogens (tertiary/aromatic N) is 3. The van der Waals surface area contributed by atoms with Gasteiger partial charge in [-0.2, -0.15) is 4.98 Å². The maximum atomic E-state index is 12.6. The molecular formula is C20H19ClN4O2. The minimum Gasteiger partial charge on any atom is -0.341 e. The lowest BCUT2D eigenvalue weighted by molar-refractivity contribution is 0.0932. The van der Waals surface area contributed by atoms with Crippen LogP contribution in [0.15, 0.2) is 40.9 Å². The summed E-state index contributed by atoms with van der Waals surface area (Å²) >= 11 is 5.89. The minimum atomic E-state index is -0.403. The van der Waals surface area contributed by atoms with E-state index in [1.165, 1.54) is 12.0 Å². The van der Waals surface area contributed by atoms with Gasteiger partial charge in [0.15, 0.2) is 5.82 Å². The van der Waals surface area contributed by atoms with Crippen molar-refractivity contribution in [2.45, 2.75) is 38.6 Å². The molecule has 3 aromatic rings. The first-order valence-corrected chi connectivity index (χ1v) is 9.37. The average Bonchev–Trinajstić information content (AvgIpc) is 3.18. The zero-order valence-corrected chi connectivity index (χ0v) is 15.7. The van der Waals surface area contributed by atoms with Crippen molar-refractivity contribution >= 4 is 17.5 Å². The smallest absolute Gasteiger partial charge is 0.270 e. The van der Waals surface area contributed by atoms with E-state index in [1.54, 1.807) is 30.3 Å². The molecule has 138 valence electrons. The Morgan fingerprint density at radius 3 is 2.70 bits per heavy atom. The Bertz CT molecular complexity index is 968. The number of hydrogen-bond acceptors (Lipinski definition) is 5. The van der Waals surface area contributed by atoms with E-state index in [0.717, 1.165) is 30.5 Å². The van der Waals surface area contributed by atoms with Gasteiger partial charge < -0.3 is 9.84 Å². The molecular weight excluding hydrogens is 364 g/mol. The number of rotatable bonds is 4. The lowest BCUT2D eigenvalue weighted by atomic mass is 9.96. The number of benzene rings is 1. The van der Waals surface area contributed by atoms with E-state index >= 15 is 0 Å². The number of carbonyl (C=O) groups excluding carboxylic acids is 1. The molecule has 1 atom stereocenters. The molecule has 2 heterocycles. The SMILES string of the molecule is C[C@@H](NC(=O)c1ccc2c(n1)CCCC2)c1noc(-c2ccc(Cl)cc2)n1. The summed E-state index contributed by atoms with van der Waals surface area (Å²) in [6.45, 7) is 1.81. The summed E-state index contributed by atoms with van der Waals surface area (Å²) in [6, 6.07) is 10.5. The van der Waals surface area contributed by atoms with E-state index in [2.05, 4.69) is 20.4 Å². The second-order valence-corrected chi connectivity index (χ2v) is 7.11. The maximum absolute atomic E-state index is 12.6. The van der Waals surface area contributed by atoms with Crippen molar-refractivity contribution < 1.29 is 9.32 Å². The standard InChI is InChI=1S/C20H19ClN4O2/c1-12(18-24-20(27-25-18)14-6-9-15(21)10-7-14)22-19(26)17-11-8-13-4-2-3-5-16(13)23-17/h6-12H,2-5H2,1H3,(H,22,26)/t12-/m1/s1. The second kappa shape index (κ2) is 7.48. The predicted molar refractivity (Wildman–Crippen MR) is 102 cm³/mol. The molecule has 7 heteroatoms. The fraction of sp³-hybridized carbons (Fsp3) is 0.300. The highest BCUT2D eigenvalue weighted by molar-refractivity contribution is 6.30. The van der Waals surface area contributed by atoms with Crippen LogP contribution >= 0.6 is 11.6 Å². The van der Waals surface area contributed by atoms with Crippen LogP contribution in [0.25, 0.3) is 11.5 Å². The molecule has 4 rings (SSSR count). The number of hydrogen-bond donors (Lipinski definition) is 1. The van der Waals surface area contributed by atoms with Gasteiger partial charge in [-0.15, -0.1) is 0 Å². The zero-order chi connectivity index (χ0) is 18.8. The minimum absolute atomic E-state index is 0.242. The maximum Gasteiger partial charge on any atom is 0.270 e. The van der Waals surface area contributed by atoms with Gasteiger partial charge in [0.05, 0.1) is 6.04 Å². The number of amides is 1. The van der Waals surface area contributed by atoms with Crippen molar-refractivity contribution in [3.63, 3.8) is 0 Å². The fourth-order valence-electron chi connectivity index (χ4n) is 3.16. The van der Waals surface area contributed by atoms with Crippen LogP contribution in [0.1, 0.15) is 53.4 Å². The highest BCUT2D eigenvalue weighted by atomic mass is 35.5. The third-order valence-electron chi connectivity index (χ3n) is 4.68. The van der Waals surface area contributed by atoms with Gasteiger partial charge in [-0.1, -0.05) is 22.8 Å². The molecule has 0 spiro atoms. The van der Waals surface area contributed by atoms with Crippen molar-refractivity contribution in [3.05, 3.63) is 64.2 Å². The Morgan fingerprint density at radius 1 is 1.11 bits per heavy atom. The number of fused-ring (bicyclic) bond motifs is 1. The molecule has 0 radical (unpaired) electrons. The van der Waals surface area contributed by atoms with Crippen LogP contribution in [-0.2, 0) is 12.8 Å². The predicted octanol–water partition coefficient (Wildman–Crippen LogP) is 4.15. The van der Waals surface area contributed by atoms with Crippen molar-refractivity contribution in [2.75, 3.05) is 0 Å². The Kier molecular flexibility index (Phi) is 4.90. The summed E-state index contributed by atoms with van der Waals surface area (Å²) in [4.78, 5) is 21.5. The lowest BCUT2D eigenvalue weighted by Crippen LogP contribution is -2.28. The molecule has 1 aromatic carbocycles. The fourth-order valence-corrected chi connectivity index (χ4v) is 3.29. The van der Waals surface area contributed by atoms with Crippen LogP contribution in [0.3, 0.4) is 0 Å². The normalized spacial score (nSPS) is 14.4. The molecule has 27 heavy (non-hydrogen) atoms. The first kappa shape index (κ1) is 17.7. The van der Waals surface area contributed by atoms with Gasteiger partial charge in [-0.25, -0.2) is 4.98 Å². The monoisotopic (exact) mass is 382 g/mol. The molecule has 0 bridgehead atoms. The highest BCUT2D eigenvalue weighted by Crippen LogP contribution is 2.22. The van der Waals surface area contributed by atoms with Crippen LogP contribution in [0.4, 0.5) is 0 Å². The summed E-state index contributed by atoms with van der Waals surface area (Å²) in [7, 11) is 0. The van der Waals surface area contributed by atoms with E-state index < -0.39 is 6.04 Å². The molecule has 1 amide bonds. The average molecular weight is 383 g/mol. The Morgan fingerprint density at radius 2 is 1.89 bits per heavy atom. The lowest BCUT2D eigenvalue weighted by Gasteiger charge is -2.16. The molecule has 2 aromatic heterocycles. The molecule has 0 fully saturated rings. The van der Waals surface area contributed by atoms with Crippen molar-refractivity contribution in [3.8, 4) is 11.5 Å². The number of pyridine rings is 1. The van der Waals surface area contributed by atoms with Crippen LogP contribution in [0, 0.1) is 0 Å². The molecule has 1 aliphatic carbocycles. The first-order valence-electron chi connectivity index (χ1n) is 8.99. The first-order chi connectivity index (χ1) is 13.1. The van der Waals surface area contributed by atoms with Gasteiger partial charge in [0, 0.05) is 16.3 Å². The summed E-state index contributed by atoms with van der Waals surface area (Å²) in [5.41, 5.74) is 3.47. The molecule has 0 saturated carbocycles. The molecule has 0 saturated heterocycles. The van der Waals surface area contributed by atoms with Crippen molar-refractivity contribution in [2.24, 2.45) is 0 Å². The van der Waals surface area contributed by atoms with Crippen LogP contribution in [0.5, 0.6) is 0 Å². The van der Waals surface area contributed by atoms with Gasteiger partial charge in [0.25, 0.3) is 11.8 Å². The third kappa shape index (κ3) is 3.85. The molecule has 0 unspecified atom stereocenters. The Labute approximate surface area is 162 Å². The summed E-state index contributed by atoms with van der Waals surface area (Å²) in [5.74, 6) is 0.551. The van der Waals surface area contributed by atoms with Gasteiger partial charge in [-0.3, -0.25) is 4.79 Å². The number of aromatic nitrogens is 3. The van der Waals surface area contributed by atoms with Crippen LogP contribution < -0.4 is 5.32 Å². The topological polar surface area (TPSA) is 80.9 Å². The Balaban J connectivity index is 1.46. The quantitative estimate of drug-likeness (QED) is 0.732. The number of carbonyl (C=O) groups is 1.